The maximum Gasteiger partial charge on any atom is 0.339 e. The van der Waals surface area contributed by atoms with E-state index in [0.717, 1.165) is 0 Å². The van der Waals surface area contributed by atoms with Gasteiger partial charge in [-0.3, -0.25) is 4.79 Å². The predicted molar refractivity (Wildman–Crippen MR) is 68.9 cm³/mol. The average Bonchev–Trinajstić information content (AvgIpc) is 2.30. The first kappa shape index (κ1) is 13.4. The Morgan fingerprint density at radius 3 is 2.71 bits per heavy atom. The van der Waals surface area contributed by atoms with E-state index in [1.165, 1.54) is 26.3 Å². The van der Waals surface area contributed by atoms with Crippen LogP contribution >= 0.6 is 15.9 Å². The monoisotopic (exact) mass is 297 g/mol. The second-order valence-electron chi connectivity index (χ2n) is 3.25. The summed E-state index contributed by atoms with van der Waals surface area (Å²) in [5, 5.41) is 2.91. The van der Waals surface area contributed by atoms with E-state index in [1.807, 2.05) is 0 Å². The molecule has 1 aromatic carbocycles. The average molecular weight is 298 g/mol. The summed E-state index contributed by atoms with van der Waals surface area (Å²) < 4.78 is 5.24. The number of hydrogen-bond donors (Lipinski definition) is 1. The minimum Gasteiger partial charge on any atom is -0.465 e. The zero-order valence-electron chi connectivity index (χ0n) is 9.49. The Labute approximate surface area is 108 Å². The molecule has 0 aliphatic rings. The van der Waals surface area contributed by atoms with Crippen LogP contribution in [0, 0.1) is 0 Å². The van der Waals surface area contributed by atoms with Gasteiger partial charge in [-0.2, -0.15) is 0 Å². The summed E-state index contributed by atoms with van der Waals surface area (Å²) in [6.07, 6.45) is 2.92. The largest absolute Gasteiger partial charge is 0.465 e. The SMILES string of the molecule is COC(=O)c1cccc(N/C=C/C(C)=O)c1Br. The van der Waals surface area contributed by atoms with Gasteiger partial charge in [0.15, 0.2) is 5.78 Å². The van der Waals surface area contributed by atoms with Crippen LogP contribution in [0.2, 0.25) is 0 Å². The number of allylic oxidation sites excluding steroid dienone is 1. The molecule has 0 saturated carbocycles. The Hall–Kier alpha value is -1.62. The van der Waals surface area contributed by atoms with E-state index < -0.39 is 5.97 Å². The molecule has 0 atom stereocenters. The number of anilines is 1. The molecule has 0 saturated heterocycles. The van der Waals surface area contributed by atoms with Crippen molar-refractivity contribution < 1.29 is 14.3 Å². The number of esters is 1. The van der Waals surface area contributed by atoms with Gasteiger partial charge in [-0.1, -0.05) is 6.07 Å². The number of halogens is 1. The second kappa shape index (κ2) is 6.20. The van der Waals surface area contributed by atoms with Crippen molar-refractivity contribution in [1.82, 2.24) is 0 Å². The molecule has 0 unspecified atom stereocenters. The van der Waals surface area contributed by atoms with Crippen molar-refractivity contribution in [2.24, 2.45) is 0 Å². The summed E-state index contributed by atoms with van der Waals surface area (Å²) in [6, 6.07) is 5.15. The number of ether oxygens (including phenoxy) is 1. The molecule has 1 N–H and O–H groups in total. The van der Waals surface area contributed by atoms with Crippen molar-refractivity contribution >= 4 is 33.4 Å². The fourth-order valence-electron chi connectivity index (χ4n) is 1.16. The number of hydrogen-bond acceptors (Lipinski definition) is 4. The van der Waals surface area contributed by atoms with E-state index in [9.17, 15) is 9.59 Å². The van der Waals surface area contributed by atoms with E-state index >= 15 is 0 Å². The molecule has 0 radical (unpaired) electrons. The van der Waals surface area contributed by atoms with Gasteiger partial charge in [0, 0.05) is 6.20 Å². The van der Waals surface area contributed by atoms with Gasteiger partial charge in [-0.05, 0) is 41.1 Å². The molecule has 17 heavy (non-hydrogen) atoms. The van der Waals surface area contributed by atoms with Gasteiger partial charge in [0.25, 0.3) is 0 Å². The Balaban J connectivity index is 2.94. The van der Waals surface area contributed by atoms with Gasteiger partial charge < -0.3 is 10.1 Å². The minimum atomic E-state index is -0.420. The Morgan fingerprint density at radius 2 is 2.12 bits per heavy atom. The molecule has 90 valence electrons. The number of benzene rings is 1. The molecule has 0 spiro atoms. The van der Waals surface area contributed by atoms with Crippen molar-refractivity contribution in [3.8, 4) is 0 Å². The fraction of sp³-hybridized carbons (Fsp3) is 0.167. The Kier molecular flexibility index (Phi) is 4.90. The third-order valence-electron chi connectivity index (χ3n) is 1.96. The topological polar surface area (TPSA) is 55.4 Å². The van der Waals surface area contributed by atoms with Crippen molar-refractivity contribution in [2.75, 3.05) is 12.4 Å². The molecule has 5 heteroatoms. The summed E-state index contributed by atoms with van der Waals surface area (Å²) >= 11 is 3.31. The van der Waals surface area contributed by atoms with Gasteiger partial charge in [0.05, 0.1) is 22.8 Å². The molecular formula is C12H12BrNO3. The molecule has 1 rings (SSSR count). The van der Waals surface area contributed by atoms with Crippen LogP contribution in [0.4, 0.5) is 5.69 Å². The molecule has 0 aromatic heterocycles. The van der Waals surface area contributed by atoms with Crippen LogP contribution in [0.1, 0.15) is 17.3 Å². The lowest BCUT2D eigenvalue weighted by atomic mass is 10.2. The van der Waals surface area contributed by atoms with E-state index in [1.54, 1.807) is 18.2 Å². The molecule has 0 aliphatic carbocycles. The van der Waals surface area contributed by atoms with Crippen LogP contribution in [0.15, 0.2) is 34.9 Å². The van der Waals surface area contributed by atoms with Crippen molar-refractivity contribution in [3.63, 3.8) is 0 Å². The lowest BCUT2D eigenvalue weighted by Crippen LogP contribution is -2.03. The summed E-state index contributed by atoms with van der Waals surface area (Å²) in [7, 11) is 1.32. The molecule has 0 aliphatic heterocycles. The van der Waals surface area contributed by atoms with Crippen molar-refractivity contribution in [1.29, 1.82) is 0 Å². The third kappa shape index (κ3) is 3.71. The lowest BCUT2D eigenvalue weighted by molar-refractivity contribution is -0.112. The maximum absolute atomic E-state index is 11.4. The highest BCUT2D eigenvalue weighted by Crippen LogP contribution is 2.26. The predicted octanol–water partition coefficient (Wildman–Crippen LogP) is 2.75. The molecule has 0 bridgehead atoms. The van der Waals surface area contributed by atoms with E-state index in [2.05, 4.69) is 26.0 Å². The standard InChI is InChI=1S/C12H12BrNO3/c1-8(15)6-7-14-10-5-3-4-9(11(10)13)12(16)17-2/h3-7,14H,1-2H3/b7-6+. The van der Waals surface area contributed by atoms with Gasteiger partial charge in [0.1, 0.15) is 0 Å². The number of methoxy groups -OCH3 is 1. The summed E-state index contributed by atoms with van der Waals surface area (Å²) in [5.74, 6) is -0.478. The van der Waals surface area contributed by atoms with Crippen LogP contribution < -0.4 is 5.32 Å². The van der Waals surface area contributed by atoms with Gasteiger partial charge >= 0.3 is 5.97 Å². The van der Waals surface area contributed by atoms with Crippen molar-refractivity contribution in [3.05, 3.63) is 40.5 Å². The molecule has 0 fully saturated rings. The third-order valence-corrected chi connectivity index (χ3v) is 2.82. The van der Waals surface area contributed by atoms with Crippen LogP contribution in [0.3, 0.4) is 0 Å². The van der Waals surface area contributed by atoms with Crippen LogP contribution in [-0.2, 0) is 9.53 Å². The second-order valence-corrected chi connectivity index (χ2v) is 4.04. The van der Waals surface area contributed by atoms with Crippen LogP contribution in [-0.4, -0.2) is 18.9 Å². The van der Waals surface area contributed by atoms with E-state index in [4.69, 9.17) is 0 Å². The number of rotatable bonds is 4. The first-order chi connectivity index (χ1) is 8.06. The van der Waals surface area contributed by atoms with Crippen LogP contribution in [0.25, 0.3) is 0 Å². The number of carbonyl (C=O) groups is 2. The molecule has 0 heterocycles. The highest BCUT2D eigenvalue weighted by Gasteiger charge is 2.12. The Bertz CT molecular complexity index is 469. The number of carbonyl (C=O) groups excluding carboxylic acids is 2. The van der Waals surface area contributed by atoms with Gasteiger partial charge in [0.2, 0.25) is 0 Å². The van der Waals surface area contributed by atoms with Gasteiger partial charge in [-0.15, -0.1) is 0 Å². The Morgan fingerprint density at radius 1 is 1.41 bits per heavy atom. The van der Waals surface area contributed by atoms with E-state index in [0.29, 0.717) is 15.7 Å². The zero-order chi connectivity index (χ0) is 12.8. The summed E-state index contributed by atoms with van der Waals surface area (Å²) in [4.78, 5) is 22.1. The summed E-state index contributed by atoms with van der Waals surface area (Å²) in [5.41, 5.74) is 1.11. The maximum atomic E-state index is 11.4. The van der Waals surface area contributed by atoms with Crippen molar-refractivity contribution in [2.45, 2.75) is 6.92 Å². The summed E-state index contributed by atoms with van der Waals surface area (Å²) in [6.45, 7) is 1.46. The number of nitrogens with one attached hydrogen (secondary N) is 1. The highest BCUT2D eigenvalue weighted by atomic mass is 79.9. The van der Waals surface area contributed by atoms with Crippen LogP contribution in [0.5, 0.6) is 0 Å². The van der Waals surface area contributed by atoms with Gasteiger partial charge in [-0.25, -0.2) is 4.79 Å². The molecule has 4 nitrogen and oxygen atoms in total. The fourth-order valence-corrected chi connectivity index (χ4v) is 1.70. The quantitative estimate of drug-likeness (QED) is 0.686. The molecule has 0 amide bonds. The van der Waals surface area contributed by atoms with E-state index in [-0.39, 0.29) is 5.78 Å². The normalized spacial score (nSPS) is 10.3. The number of ketones is 1. The lowest BCUT2D eigenvalue weighted by Gasteiger charge is -2.07. The zero-order valence-corrected chi connectivity index (χ0v) is 11.1. The highest BCUT2D eigenvalue weighted by molar-refractivity contribution is 9.10. The first-order valence-electron chi connectivity index (χ1n) is 4.86. The first-order valence-corrected chi connectivity index (χ1v) is 5.66. The molecular weight excluding hydrogens is 286 g/mol. The minimum absolute atomic E-state index is 0.0576. The smallest absolute Gasteiger partial charge is 0.339 e. The molecule has 1 aromatic rings.